The van der Waals surface area contributed by atoms with Crippen molar-refractivity contribution >= 4 is 42.3 Å². The Kier molecular flexibility index (Phi) is 3.14. The summed E-state index contributed by atoms with van der Waals surface area (Å²) in [4.78, 5) is 0. The summed E-state index contributed by atoms with van der Waals surface area (Å²) in [5.41, 5.74) is 2.74. The Balaban J connectivity index is 1.69. The van der Waals surface area contributed by atoms with Crippen molar-refractivity contribution in [1.82, 2.24) is 0 Å². The second kappa shape index (κ2) is 5.47. The Bertz CT molecular complexity index is 1170. The van der Waals surface area contributed by atoms with Crippen LogP contribution in [0.15, 0.2) is 84.9 Å². The number of hydrogen-bond acceptors (Lipinski definition) is 1. The zero-order valence-corrected chi connectivity index (χ0v) is 14.0. The molecule has 0 amide bonds. The monoisotopic (exact) mass is 324 g/mol. The first-order valence-electron chi connectivity index (χ1n) is 8.25. The molecule has 114 valence electrons. The number of rotatable bonds is 2. The van der Waals surface area contributed by atoms with Crippen LogP contribution in [-0.2, 0) is 6.42 Å². The van der Waals surface area contributed by atoms with Crippen molar-refractivity contribution in [2.75, 3.05) is 0 Å². The molecule has 0 saturated heterocycles. The number of hydrogen-bond donors (Lipinski definition) is 0. The summed E-state index contributed by atoms with van der Waals surface area (Å²) in [6.07, 6.45) is 0.992. The van der Waals surface area contributed by atoms with Crippen LogP contribution in [0.25, 0.3) is 30.9 Å². The first kappa shape index (κ1) is 13.8. The van der Waals surface area contributed by atoms with E-state index in [2.05, 4.69) is 84.9 Å². The molecule has 0 aliphatic carbocycles. The van der Waals surface area contributed by atoms with E-state index in [0.29, 0.717) is 0 Å². The summed E-state index contributed by atoms with van der Waals surface area (Å²) in [6.45, 7) is 0. The maximum absolute atomic E-state index is 2.36. The standard InChI is InChI=1S/C23H16S/c1-2-6-16(7-3-1)14-17-10-12-20-21-13-11-18-8-4-5-9-19(18)23(21)24-22(20)15-17/h1-13,15H,14H2. The number of benzene rings is 4. The minimum absolute atomic E-state index is 0.992. The van der Waals surface area contributed by atoms with Gasteiger partial charge < -0.3 is 0 Å². The average molecular weight is 324 g/mol. The second-order valence-electron chi connectivity index (χ2n) is 6.26. The van der Waals surface area contributed by atoms with Gasteiger partial charge in [-0.15, -0.1) is 11.3 Å². The van der Waals surface area contributed by atoms with Gasteiger partial charge in [0.1, 0.15) is 0 Å². The Morgan fingerprint density at radius 1 is 0.583 bits per heavy atom. The third-order valence-electron chi connectivity index (χ3n) is 4.68. The molecule has 4 aromatic carbocycles. The molecule has 0 aliphatic heterocycles. The quantitative estimate of drug-likeness (QED) is 0.335. The molecule has 0 nitrogen and oxygen atoms in total. The molecule has 24 heavy (non-hydrogen) atoms. The molecule has 0 N–H and O–H groups in total. The highest BCUT2D eigenvalue weighted by molar-refractivity contribution is 7.26. The highest BCUT2D eigenvalue weighted by Gasteiger charge is 2.09. The van der Waals surface area contributed by atoms with Gasteiger partial charge in [0.05, 0.1) is 0 Å². The fraction of sp³-hybridized carbons (Fsp3) is 0.0435. The maximum Gasteiger partial charge on any atom is 0.0433 e. The third-order valence-corrected chi connectivity index (χ3v) is 5.88. The molecule has 0 aliphatic rings. The van der Waals surface area contributed by atoms with Gasteiger partial charge in [-0.3, -0.25) is 0 Å². The molecule has 5 aromatic rings. The van der Waals surface area contributed by atoms with Crippen molar-refractivity contribution in [3.05, 3.63) is 96.1 Å². The maximum atomic E-state index is 2.36. The molecule has 1 heteroatoms. The fourth-order valence-electron chi connectivity index (χ4n) is 3.49. The highest BCUT2D eigenvalue weighted by atomic mass is 32.1. The molecule has 0 spiro atoms. The van der Waals surface area contributed by atoms with E-state index in [1.165, 1.54) is 42.1 Å². The van der Waals surface area contributed by atoms with Crippen LogP contribution in [0.4, 0.5) is 0 Å². The molecule has 0 saturated carbocycles. The fourth-order valence-corrected chi connectivity index (χ4v) is 4.79. The lowest BCUT2D eigenvalue weighted by atomic mass is 10.0. The second-order valence-corrected chi connectivity index (χ2v) is 7.31. The predicted molar refractivity (Wildman–Crippen MR) is 106 cm³/mol. The predicted octanol–water partition coefficient (Wildman–Crippen LogP) is 6.80. The van der Waals surface area contributed by atoms with E-state index in [1.54, 1.807) is 0 Å². The van der Waals surface area contributed by atoms with Gasteiger partial charge in [0.15, 0.2) is 0 Å². The van der Waals surface area contributed by atoms with E-state index in [4.69, 9.17) is 0 Å². The van der Waals surface area contributed by atoms with Crippen molar-refractivity contribution in [2.45, 2.75) is 6.42 Å². The molecular weight excluding hydrogens is 308 g/mol. The summed E-state index contributed by atoms with van der Waals surface area (Å²) in [5, 5.41) is 5.43. The van der Waals surface area contributed by atoms with Crippen LogP contribution in [0.5, 0.6) is 0 Å². The van der Waals surface area contributed by atoms with Crippen LogP contribution in [-0.4, -0.2) is 0 Å². The largest absolute Gasteiger partial charge is 0.135 e. The summed E-state index contributed by atoms with van der Waals surface area (Å²) < 4.78 is 2.79. The van der Waals surface area contributed by atoms with Crippen molar-refractivity contribution in [3.63, 3.8) is 0 Å². The number of thiophene rings is 1. The molecule has 5 rings (SSSR count). The SMILES string of the molecule is c1ccc(Cc2ccc3c(c2)sc2c4ccccc4ccc32)cc1. The van der Waals surface area contributed by atoms with Crippen LogP contribution < -0.4 is 0 Å². The van der Waals surface area contributed by atoms with Crippen molar-refractivity contribution in [3.8, 4) is 0 Å². The van der Waals surface area contributed by atoms with E-state index < -0.39 is 0 Å². The number of fused-ring (bicyclic) bond motifs is 5. The minimum atomic E-state index is 0.992. The van der Waals surface area contributed by atoms with Crippen LogP contribution >= 0.6 is 11.3 Å². The van der Waals surface area contributed by atoms with E-state index in [1.807, 2.05) is 11.3 Å². The molecule has 1 aromatic heterocycles. The van der Waals surface area contributed by atoms with Crippen molar-refractivity contribution in [2.24, 2.45) is 0 Å². The van der Waals surface area contributed by atoms with Gasteiger partial charge in [-0.1, -0.05) is 78.9 Å². The van der Waals surface area contributed by atoms with Gasteiger partial charge >= 0.3 is 0 Å². The Morgan fingerprint density at radius 2 is 1.38 bits per heavy atom. The van der Waals surface area contributed by atoms with Gasteiger partial charge in [0.25, 0.3) is 0 Å². The summed E-state index contributed by atoms with van der Waals surface area (Å²) >= 11 is 1.92. The van der Waals surface area contributed by atoms with E-state index in [0.717, 1.165) is 6.42 Å². The lowest BCUT2D eigenvalue weighted by Gasteiger charge is -2.02. The van der Waals surface area contributed by atoms with E-state index >= 15 is 0 Å². The zero-order valence-electron chi connectivity index (χ0n) is 13.2. The lowest BCUT2D eigenvalue weighted by Crippen LogP contribution is -1.86. The van der Waals surface area contributed by atoms with Crippen LogP contribution in [0.1, 0.15) is 11.1 Å². The van der Waals surface area contributed by atoms with Crippen LogP contribution in [0.2, 0.25) is 0 Å². The molecule has 0 atom stereocenters. The molecule has 0 unspecified atom stereocenters. The first-order valence-corrected chi connectivity index (χ1v) is 9.07. The molecule has 0 bridgehead atoms. The smallest absolute Gasteiger partial charge is 0.0433 e. The Morgan fingerprint density at radius 3 is 2.29 bits per heavy atom. The summed E-state index contributed by atoms with van der Waals surface area (Å²) in [5.74, 6) is 0. The zero-order chi connectivity index (χ0) is 15.9. The van der Waals surface area contributed by atoms with Crippen molar-refractivity contribution in [1.29, 1.82) is 0 Å². The van der Waals surface area contributed by atoms with E-state index in [9.17, 15) is 0 Å². The average Bonchev–Trinajstić information content (AvgIpc) is 3.01. The third kappa shape index (κ3) is 2.21. The minimum Gasteiger partial charge on any atom is -0.135 e. The van der Waals surface area contributed by atoms with Gasteiger partial charge in [-0.25, -0.2) is 0 Å². The van der Waals surface area contributed by atoms with Crippen molar-refractivity contribution < 1.29 is 0 Å². The van der Waals surface area contributed by atoms with Gasteiger partial charge in [0, 0.05) is 20.2 Å². The van der Waals surface area contributed by atoms with Gasteiger partial charge in [-0.2, -0.15) is 0 Å². The lowest BCUT2D eigenvalue weighted by molar-refractivity contribution is 1.20. The molecular formula is C23H16S. The highest BCUT2D eigenvalue weighted by Crippen LogP contribution is 2.38. The van der Waals surface area contributed by atoms with Crippen LogP contribution in [0.3, 0.4) is 0 Å². The summed E-state index contributed by atoms with van der Waals surface area (Å²) in [6, 6.07) is 30.8. The molecule has 0 fully saturated rings. The van der Waals surface area contributed by atoms with Gasteiger partial charge in [-0.05, 0) is 34.4 Å². The topological polar surface area (TPSA) is 0 Å². The summed E-state index contributed by atoms with van der Waals surface area (Å²) in [7, 11) is 0. The normalized spacial score (nSPS) is 11.5. The van der Waals surface area contributed by atoms with Gasteiger partial charge in [0.2, 0.25) is 0 Å². The molecule has 1 heterocycles. The van der Waals surface area contributed by atoms with E-state index in [-0.39, 0.29) is 0 Å². The molecule has 0 radical (unpaired) electrons. The van der Waals surface area contributed by atoms with Crippen LogP contribution in [0, 0.1) is 0 Å². The Hall–Kier alpha value is -2.64. The first-order chi connectivity index (χ1) is 11.9. The Labute approximate surface area is 145 Å².